The molecule has 4 heteroatoms. The lowest BCUT2D eigenvalue weighted by atomic mass is 10.1. The first kappa shape index (κ1) is 16.7. The quantitative estimate of drug-likeness (QED) is 0.890. The maximum absolute atomic E-state index is 12.1. The highest BCUT2D eigenvalue weighted by molar-refractivity contribution is 5.85. The lowest BCUT2D eigenvalue weighted by Gasteiger charge is -2.17. The van der Waals surface area contributed by atoms with E-state index in [-0.39, 0.29) is 18.4 Å². The topological polar surface area (TPSA) is 49.4 Å². The van der Waals surface area contributed by atoms with Crippen molar-refractivity contribution in [3.05, 3.63) is 71.3 Å². The number of carbonyl (C=O) groups excluding carboxylic acids is 2. The van der Waals surface area contributed by atoms with Gasteiger partial charge in [-0.1, -0.05) is 54.6 Å². The van der Waals surface area contributed by atoms with Crippen LogP contribution in [0.2, 0.25) is 0 Å². The first-order chi connectivity index (χ1) is 11.1. The van der Waals surface area contributed by atoms with E-state index in [9.17, 15) is 9.59 Å². The molecule has 0 fully saturated rings. The molecular formula is C19H22N2O2. The molecule has 4 nitrogen and oxygen atoms in total. The van der Waals surface area contributed by atoms with Crippen LogP contribution in [-0.2, 0) is 22.6 Å². The second-order valence-corrected chi connectivity index (χ2v) is 5.62. The predicted molar refractivity (Wildman–Crippen MR) is 90.8 cm³/mol. The van der Waals surface area contributed by atoms with Crippen LogP contribution in [0.1, 0.15) is 16.7 Å². The van der Waals surface area contributed by atoms with Gasteiger partial charge in [0.05, 0.1) is 13.0 Å². The maximum Gasteiger partial charge on any atom is 0.242 e. The second kappa shape index (κ2) is 8.13. The molecule has 120 valence electrons. The summed E-state index contributed by atoms with van der Waals surface area (Å²) < 4.78 is 0. The molecule has 0 aliphatic rings. The number of nitrogens with one attached hydrogen (secondary N) is 1. The van der Waals surface area contributed by atoms with Crippen molar-refractivity contribution in [2.45, 2.75) is 19.9 Å². The van der Waals surface area contributed by atoms with Crippen LogP contribution in [0.25, 0.3) is 0 Å². The van der Waals surface area contributed by atoms with Crippen molar-refractivity contribution < 1.29 is 9.59 Å². The average Bonchev–Trinajstić information content (AvgIpc) is 2.55. The molecule has 0 aromatic heterocycles. The van der Waals surface area contributed by atoms with Crippen molar-refractivity contribution in [1.82, 2.24) is 10.2 Å². The van der Waals surface area contributed by atoms with E-state index in [2.05, 4.69) is 5.32 Å². The molecule has 0 saturated heterocycles. The number of hydrogen-bond donors (Lipinski definition) is 1. The van der Waals surface area contributed by atoms with Crippen molar-refractivity contribution >= 4 is 11.8 Å². The third kappa shape index (κ3) is 5.25. The van der Waals surface area contributed by atoms with Crippen LogP contribution in [0.4, 0.5) is 0 Å². The van der Waals surface area contributed by atoms with Crippen molar-refractivity contribution in [1.29, 1.82) is 0 Å². The first-order valence-corrected chi connectivity index (χ1v) is 7.65. The summed E-state index contributed by atoms with van der Waals surface area (Å²) in [6, 6.07) is 17.5. The number of likely N-dealkylation sites (N-methyl/N-ethyl adjacent to an activating group) is 1. The average molecular weight is 310 g/mol. The Kier molecular flexibility index (Phi) is 5.92. The summed E-state index contributed by atoms with van der Waals surface area (Å²) in [5.41, 5.74) is 3.12. The van der Waals surface area contributed by atoms with Gasteiger partial charge in [-0.15, -0.1) is 0 Å². The van der Waals surface area contributed by atoms with E-state index in [1.54, 1.807) is 11.9 Å². The second-order valence-electron chi connectivity index (χ2n) is 5.62. The van der Waals surface area contributed by atoms with Crippen LogP contribution in [0, 0.1) is 6.92 Å². The van der Waals surface area contributed by atoms with Gasteiger partial charge in [-0.3, -0.25) is 9.59 Å². The van der Waals surface area contributed by atoms with E-state index in [1.165, 1.54) is 0 Å². The zero-order valence-corrected chi connectivity index (χ0v) is 13.6. The molecule has 0 unspecified atom stereocenters. The standard InChI is InChI=1S/C19H22N2O2/c1-15-8-6-7-11-17(15)12-18(22)20-13-19(23)21(2)14-16-9-4-3-5-10-16/h3-11H,12-14H2,1-2H3,(H,20,22). The Morgan fingerprint density at radius 1 is 1.00 bits per heavy atom. The Morgan fingerprint density at radius 2 is 1.65 bits per heavy atom. The van der Waals surface area contributed by atoms with Crippen LogP contribution in [-0.4, -0.2) is 30.3 Å². The third-order valence-corrected chi connectivity index (χ3v) is 3.74. The van der Waals surface area contributed by atoms with Gasteiger partial charge in [0.25, 0.3) is 0 Å². The van der Waals surface area contributed by atoms with Crippen LogP contribution in [0.5, 0.6) is 0 Å². The lowest BCUT2D eigenvalue weighted by molar-refractivity contribution is -0.132. The minimum absolute atomic E-state index is 0.0219. The van der Waals surface area contributed by atoms with Gasteiger partial charge in [0, 0.05) is 13.6 Å². The third-order valence-electron chi connectivity index (χ3n) is 3.74. The van der Waals surface area contributed by atoms with Crippen LogP contribution < -0.4 is 5.32 Å². The number of nitrogens with zero attached hydrogens (tertiary/aromatic N) is 1. The SMILES string of the molecule is Cc1ccccc1CC(=O)NCC(=O)N(C)Cc1ccccc1. The zero-order valence-electron chi connectivity index (χ0n) is 13.6. The summed E-state index contributed by atoms with van der Waals surface area (Å²) in [6.45, 7) is 2.53. The molecule has 2 aromatic rings. The predicted octanol–water partition coefficient (Wildman–Crippen LogP) is 2.31. The fourth-order valence-corrected chi connectivity index (χ4v) is 2.30. The zero-order chi connectivity index (χ0) is 16.7. The number of aryl methyl sites for hydroxylation is 1. The molecule has 0 bridgehead atoms. The van der Waals surface area contributed by atoms with E-state index in [0.717, 1.165) is 16.7 Å². The van der Waals surface area contributed by atoms with E-state index in [0.29, 0.717) is 13.0 Å². The summed E-state index contributed by atoms with van der Waals surface area (Å²) in [5.74, 6) is -0.243. The van der Waals surface area contributed by atoms with Gasteiger partial charge in [-0.2, -0.15) is 0 Å². The molecule has 2 aromatic carbocycles. The fourth-order valence-electron chi connectivity index (χ4n) is 2.30. The highest BCUT2D eigenvalue weighted by Gasteiger charge is 2.11. The van der Waals surface area contributed by atoms with Crippen molar-refractivity contribution in [2.24, 2.45) is 0 Å². The molecular weight excluding hydrogens is 288 g/mol. The van der Waals surface area contributed by atoms with E-state index in [1.807, 2.05) is 61.5 Å². The van der Waals surface area contributed by atoms with Crippen LogP contribution in [0.3, 0.4) is 0 Å². The van der Waals surface area contributed by atoms with Gasteiger partial charge in [-0.05, 0) is 23.6 Å². The van der Waals surface area contributed by atoms with Gasteiger partial charge in [0.15, 0.2) is 0 Å². The monoisotopic (exact) mass is 310 g/mol. The van der Waals surface area contributed by atoms with E-state index >= 15 is 0 Å². The van der Waals surface area contributed by atoms with Crippen molar-refractivity contribution in [2.75, 3.05) is 13.6 Å². The Hall–Kier alpha value is -2.62. The Morgan fingerprint density at radius 3 is 2.35 bits per heavy atom. The Bertz CT molecular complexity index is 668. The van der Waals surface area contributed by atoms with Crippen molar-refractivity contribution in [3.63, 3.8) is 0 Å². The molecule has 0 saturated carbocycles. The largest absolute Gasteiger partial charge is 0.347 e. The van der Waals surface area contributed by atoms with Gasteiger partial charge in [-0.25, -0.2) is 0 Å². The summed E-state index contributed by atoms with van der Waals surface area (Å²) >= 11 is 0. The summed E-state index contributed by atoms with van der Waals surface area (Å²) in [6.07, 6.45) is 0.294. The number of hydrogen-bond acceptors (Lipinski definition) is 2. The van der Waals surface area contributed by atoms with Gasteiger partial charge in [0.1, 0.15) is 0 Å². The lowest BCUT2D eigenvalue weighted by Crippen LogP contribution is -2.38. The molecule has 0 atom stereocenters. The molecule has 0 heterocycles. The van der Waals surface area contributed by atoms with Gasteiger partial charge >= 0.3 is 0 Å². The Balaban J connectivity index is 1.79. The maximum atomic E-state index is 12.1. The highest BCUT2D eigenvalue weighted by atomic mass is 16.2. The van der Waals surface area contributed by atoms with E-state index in [4.69, 9.17) is 0 Å². The molecule has 0 aliphatic carbocycles. The summed E-state index contributed by atoms with van der Waals surface area (Å²) in [4.78, 5) is 25.7. The van der Waals surface area contributed by atoms with Crippen molar-refractivity contribution in [3.8, 4) is 0 Å². The molecule has 0 spiro atoms. The molecule has 23 heavy (non-hydrogen) atoms. The molecule has 0 aliphatic heterocycles. The summed E-state index contributed by atoms with van der Waals surface area (Å²) in [7, 11) is 1.74. The minimum atomic E-state index is -0.138. The van der Waals surface area contributed by atoms with Gasteiger partial charge < -0.3 is 10.2 Å². The van der Waals surface area contributed by atoms with Crippen LogP contribution >= 0.6 is 0 Å². The minimum Gasteiger partial charge on any atom is -0.347 e. The smallest absolute Gasteiger partial charge is 0.242 e. The summed E-state index contributed by atoms with van der Waals surface area (Å²) in [5, 5.41) is 2.69. The first-order valence-electron chi connectivity index (χ1n) is 7.65. The van der Waals surface area contributed by atoms with Gasteiger partial charge in [0.2, 0.25) is 11.8 Å². The molecule has 0 radical (unpaired) electrons. The molecule has 1 N–H and O–H groups in total. The van der Waals surface area contributed by atoms with Crippen LogP contribution in [0.15, 0.2) is 54.6 Å². The highest BCUT2D eigenvalue weighted by Crippen LogP contribution is 2.07. The number of amides is 2. The normalized spacial score (nSPS) is 10.2. The number of carbonyl (C=O) groups is 2. The molecule has 2 amide bonds. The fraction of sp³-hybridized carbons (Fsp3) is 0.263. The van der Waals surface area contributed by atoms with E-state index < -0.39 is 0 Å². The number of benzene rings is 2. The number of rotatable bonds is 6. The Labute approximate surface area is 137 Å². The molecule has 2 rings (SSSR count).